The van der Waals surface area contributed by atoms with Crippen LogP contribution in [-0.4, -0.2) is 59.8 Å². The smallest absolute Gasteiger partial charge is 0.280 e. The van der Waals surface area contributed by atoms with Gasteiger partial charge in [-0.3, -0.25) is 14.3 Å². The second kappa shape index (κ2) is 6.84. The Kier molecular flexibility index (Phi) is 4.47. The number of anilines is 1. The number of aromatic nitrogens is 4. The van der Waals surface area contributed by atoms with Crippen molar-refractivity contribution in [2.75, 3.05) is 12.3 Å². The Bertz CT molecular complexity index is 1080. The fourth-order valence-corrected chi connectivity index (χ4v) is 3.35. The minimum atomic E-state index is -1.66. The average Bonchev–Trinajstić information content (AvgIpc) is 3.22. The summed E-state index contributed by atoms with van der Waals surface area (Å²) < 4.78 is 7.20. The van der Waals surface area contributed by atoms with Crippen LogP contribution >= 0.6 is 0 Å². The van der Waals surface area contributed by atoms with Gasteiger partial charge in [-0.05, 0) is 11.6 Å². The summed E-state index contributed by atoms with van der Waals surface area (Å²) in [6.45, 7) is -0.512. The molecule has 4 atom stereocenters. The Morgan fingerprint density at radius 2 is 2.07 bits per heavy atom. The minimum absolute atomic E-state index is 0.000533. The number of ether oxygens (including phenoxy) is 1. The van der Waals surface area contributed by atoms with Crippen molar-refractivity contribution in [2.24, 2.45) is 0 Å². The van der Waals surface area contributed by atoms with Gasteiger partial charge in [-0.1, -0.05) is 36.4 Å². The zero-order valence-corrected chi connectivity index (χ0v) is 14.6. The zero-order chi connectivity index (χ0) is 19.9. The van der Waals surface area contributed by atoms with E-state index in [0.717, 1.165) is 5.56 Å². The molecule has 10 nitrogen and oxygen atoms in total. The molecule has 2 aromatic heterocycles. The van der Waals surface area contributed by atoms with Gasteiger partial charge in [0.15, 0.2) is 16.9 Å². The van der Waals surface area contributed by atoms with Gasteiger partial charge in [0.1, 0.15) is 24.6 Å². The van der Waals surface area contributed by atoms with Crippen LogP contribution in [0.1, 0.15) is 5.56 Å². The summed E-state index contributed by atoms with van der Waals surface area (Å²) in [6.07, 6.45) is 0.611. The Balaban J connectivity index is 1.92. The highest BCUT2D eigenvalue weighted by atomic mass is 16.6. The standard InChI is InChI=1S/C18H19N5O5/c19-17-21-15-12(16(27)22-17)20-9-23(15)18(7-6-10-4-2-1-3-5-10)14(26)13(25)11(8-24)28-18/h1-7,9,11,13-14,24-26H,8H2,(H3,19,21,22,27)/t11-,13-,14-,18-/m1/s1. The van der Waals surface area contributed by atoms with Crippen LogP contribution < -0.4 is 11.3 Å². The van der Waals surface area contributed by atoms with Crippen LogP contribution in [0.25, 0.3) is 17.2 Å². The van der Waals surface area contributed by atoms with Crippen LogP contribution in [0.2, 0.25) is 0 Å². The molecule has 1 aliphatic rings. The Labute approximate surface area is 158 Å². The number of fused-ring (bicyclic) bond motifs is 1. The first kappa shape index (κ1) is 18.3. The van der Waals surface area contributed by atoms with E-state index >= 15 is 0 Å². The predicted molar refractivity (Wildman–Crippen MR) is 100.0 cm³/mol. The number of hydrogen-bond donors (Lipinski definition) is 5. The minimum Gasteiger partial charge on any atom is -0.394 e. The Morgan fingerprint density at radius 1 is 1.32 bits per heavy atom. The van der Waals surface area contributed by atoms with E-state index in [2.05, 4.69) is 15.0 Å². The van der Waals surface area contributed by atoms with Gasteiger partial charge < -0.3 is 25.8 Å². The summed E-state index contributed by atoms with van der Waals surface area (Å²) in [6, 6.07) is 9.24. The molecule has 0 unspecified atom stereocenters. The fraction of sp³-hybridized carbons (Fsp3) is 0.278. The number of aliphatic hydroxyl groups is 3. The molecule has 0 spiro atoms. The number of benzene rings is 1. The summed E-state index contributed by atoms with van der Waals surface area (Å²) in [4.78, 5) is 22.6. The van der Waals surface area contributed by atoms with E-state index in [1.807, 2.05) is 30.3 Å². The molecular weight excluding hydrogens is 366 g/mol. The van der Waals surface area contributed by atoms with Crippen molar-refractivity contribution >= 4 is 23.2 Å². The highest BCUT2D eigenvalue weighted by Crippen LogP contribution is 2.39. The van der Waals surface area contributed by atoms with Crippen molar-refractivity contribution in [1.29, 1.82) is 0 Å². The maximum absolute atomic E-state index is 12.1. The number of H-pyrrole nitrogens is 1. The maximum atomic E-state index is 12.1. The number of aliphatic hydroxyl groups excluding tert-OH is 3. The van der Waals surface area contributed by atoms with Gasteiger partial charge in [-0.15, -0.1) is 0 Å². The van der Waals surface area contributed by atoms with E-state index in [4.69, 9.17) is 10.5 Å². The normalized spacial score (nSPS) is 27.8. The highest BCUT2D eigenvalue weighted by Gasteiger charge is 2.54. The lowest BCUT2D eigenvalue weighted by atomic mass is 10.0. The van der Waals surface area contributed by atoms with E-state index in [1.165, 1.54) is 17.0 Å². The molecule has 1 aliphatic heterocycles. The second-order valence-corrected chi connectivity index (χ2v) is 6.51. The first-order chi connectivity index (χ1) is 13.5. The first-order valence-electron chi connectivity index (χ1n) is 8.58. The number of rotatable bonds is 4. The van der Waals surface area contributed by atoms with Crippen LogP contribution in [-0.2, 0) is 10.5 Å². The van der Waals surface area contributed by atoms with Gasteiger partial charge in [-0.2, -0.15) is 4.98 Å². The first-order valence-corrected chi connectivity index (χ1v) is 8.58. The molecule has 1 fully saturated rings. The number of aromatic amines is 1. The Hall–Kier alpha value is -3.05. The summed E-state index contributed by atoms with van der Waals surface area (Å²) in [7, 11) is 0. The predicted octanol–water partition coefficient (Wildman–Crippen LogP) is -0.819. The molecule has 4 rings (SSSR count). The molecule has 1 aromatic carbocycles. The summed E-state index contributed by atoms with van der Waals surface area (Å²) in [5, 5.41) is 30.7. The van der Waals surface area contributed by atoms with Gasteiger partial charge in [0, 0.05) is 0 Å². The third kappa shape index (κ3) is 2.79. The van der Waals surface area contributed by atoms with Gasteiger partial charge >= 0.3 is 0 Å². The second-order valence-electron chi connectivity index (χ2n) is 6.51. The number of nitrogen functional groups attached to an aromatic ring is 1. The molecule has 0 radical (unpaired) electrons. The van der Waals surface area contributed by atoms with Crippen molar-refractivity contribution in [3.8, 4) is 0 Å². The van der Waals surface area contributed by atoms with Crippen LogP contribution in [0.3, 0.4) is 0 Å². The fourth-order valence-electron chi connectivity index (χ4n) is 3.35. The highest BCUT2D eigenvalue weighted by molar-refractivity contribution is 5.71. The quantitative estimate of drug-likeness (QED) is 0.389. The van der Waals surface area contributed by atoms with Crippen molar-refractivity contribution in [2.45, 2.75) is 24.0 Å². The molecule has 0 aliphatic carbocycles. The largest absolute Gasteiger partial charge is 0.394 e. The van der Waals surface area contributed by atoms with Crippen LogP contribution in [0.4, 0.5) is 5.95 Å². The SMILES string of the molecule is Nc1nc2c(ncn2[C@]2(C=Cc3ccccc3)O[C@H](CO)[C@@H](O)[C@H]2O)c(=O)[nH]1. The van der Waals surface area contributed by atoms with Crippen LogP contribution in [0, 0.1) is 0 Å². The molecule has 3 heterocycles. The number of hydrogen-bond acceptors (Lipinski definition) is 8. The van der Waals surface area contributed by atoms with Crippen molar-refractivity contribution < 1.29 is 20.1 Å². The van der Waals surface area contributed by atoms with Crippen LogP contribution in [0.5, 0.6) is 0 Å². The molecule has 28 heavy (non-hydrogen) atoms. The van der Waals surface area contributed by atoms with Crippen molar-refractivity contribution in [1.82, 2.24) is 19.5 Å². The lowest BCUT2D eigenvalue weighted by Crippen LogP contribution is -2.44. The monoisotopic (exact) mass is 385 g/mol. The molecule has 6 N–H and O–H groups in total. The molecule has 0 bridgehead atoms. The number of imidazole rings is 1. The van der Waals surface area contributed by atoms with E-state index in [9.17, 15) is 20.1 Å². The molecular formula is C18H19N5O5. The van der Waals surface area contributed by atoms with E-state index in [0.29, 0.717) is 0 Å². The molecule has 0 saturated carbocycles. The van der Waals surface area contributed by atoms with E-state index in [1.54, 1.807) is 6.08 Å². The topological polar surface area (TPSA) is 160 Å². The van der Waals surface area contributed by atoms with E-state index < -0.39 is 36.2 Å². The summed E-state index contributed by atoms with van der Waals surface area (Å²) in [5.74, 6) is -0.131. The van der Waals surface area contributed by atoms with Gasteiger partial charge in [-0.25, -0.2) is 4.98 Å². The van der Waals surface area contributed by atoms with E-state index in [-0.39, 0.29) is 17.1 Å². The van der Waals surface area contributed by atoms with Crippen LogP contribution in [0.15, 0.2) is 47.5 Å². The van der Waals surface area contributed by atoms with Crippen molar-refractivity contribution in [3.63, 3.8) is 0 Å². The Morgan fingerprint density at radius 3 is 2.75 bits per heavy atom. The molecule has 1 saturated heterocycles. The molecule has 146 valence electrons. The number of nitrogens with two attached hydrogens (primary N) is 1. The number of nitrogens with one attached hydrogen (secondary N) is 1. The summed E-state index contributed by atoms with van der Waals surface area (Å²) >= 11 is 0. The summed E-state index contributed by atoms with van der Waals surface area (Å²) in [5.41, 5.74) is 4.33. The maximum Gasteiger partial charge on any atom is 0.280 e. The lowest BCUT2D eigenvalue weighted by molar-refractivity contribution is -0.109. The molecule has 3 aromatic rings. The zero-order valence-electron chi connectivity index (χ0n) is 14.6. The van der Waals surface area contributed by atoms with Crippen molar-refractivity contribution in [3.05, 3.63) is 58.7 Å². The van der Waals surface area contributed by atoms with Gasteiger partial charge in [0.05, 0.1) is 6.61 Å². The third-order valence-corrected chi connectivity index (χ3v) is 4.76. The van der Waals surface area contributed by atoms with Gasteiger partial charge in [0.2, 0.25) is 5.95 Å². The lowest BCUT2D eigenvalue weighted by Gasteiger charge is -2.30. The van der Waals surface area contributed by atoms with Gasteiger partial charge in [0.25, 0.3) is 5.56 Å². The number of nitrogens with zero attached hydrogens (tertiary/aromatic N) is 3. The molecule has 0 amide bonds. The average molecular weight is 385 g/mol. The molecule has 10 heteroatoms. The third-order valence-electron chi connectivity index (χ3n) is 4.76.